The number of ether oxygens (including phenoxy) is 1. The van der Waals surface area contributed by atoms with E-state index in [0.717, 1.165) is 30.7 Å². The minimum Gasteiger partial charge on any atom is -0.478 e. The molecule has 0 amide bonds. The molecule has 3 aliphatic heterocycles. The Morgan fingerprint density at radius 2 is 1.96 bits per heavy atom. The van der Waals surface area contributed by atoms with Gasteiger partial charge in [-0.25, -0.2) is 4.79 Å². The molecule has 2 bridgehead atoms. The SMILES string of the molecule is O=C(O)c1ccc(CN2CC3C4C=CC(O4)C3C2)c2ncccc12. The molecule has 1 N–H and O–H groups in total. The summed E-state index contributed by atoms with van der Waals surface area (Å²) in [4.78, 5) is 18.3. The van der Waals surface area contributed by atoms with E-state index in [2.05, 4.69) is 22.0 Å². The number of carbonyl (C=O) groups is 1. The number of aromatic nitrogens is 1. The van der Waals surface area contributed by atoms with E-state index in [-0.39, 0.29) is 12.2 Å². The van der Waals surface area contributed by atoms with Crippen LogP contribution in [-0.2, 0) is 11.3 Å². The van der Waals surface area contributed by atoms with Gasteiger partial charge < -0.3 is 9.84 Å². The maximum absolute atomic E-state index is 11.4. The fraction of sp³-hybridized carbons (Fsp3) is 0.368. The molecular formula is C19H18N2O3. The summed E-state index contributed by atoms with van der Waals surface area (Å²) in [5, 5.41) is 10.1. The van der Waals surface area contributed by atoms with Gasteiger partial charge in [0.15, 0.2) is 0 Å². The van der Waals surface area contributed by atoms with Gasteiger partial charge in [0.25, 0.3) is 0 Å². The molecule has 3 aliphatic rings. The standard InChI is InChI=1S/C19H18N2O3/c22-19(23)13-4-3-11(18-12(13)2-1-7-20-18)8-21-9-14-15(10-21)17-6-5-16(14)24-17/h1-7,14-17H,8-10H2,(H,22,23). The molecule has 4 unspecified atom stereocenters. The number of hydrogen-bond donors (Lipinski definition) is 1. The molecule has 122 valence electrons. The zero-order valence-electron chi connectivity index (χ0n) is 13.1. The van der Waals surface area contributed by atoms with Crippen LogP contribution < -0.4 is 0 Å². The number of aromatic carboxylic acids is 1. The van der Waals surface area contributed by atoms with Gasteiger partial charge in [-0.1, -0.05) is 24.3 Å². The van der Waals surface area contributed by atoms with E-state index in [9.17, 15) is 9.90 Å². The Bertz CT molecular complexity index is 843. The molecule has 0 radical (unpaired) electrons. The zero-order valence-corrected chi connectivity index (χ0v) is 13.1. The van der Waals surface area contributed by atoms with Crippen molar-refractivity contribution in [2.45, 2.75) is 18.8 Å². The predicted molar refractivity (Wildman–Crippen MR) is 88.8 cm³/mol. The molecule has 1 aromatic heterocycles. The predicted octanol–water partition coefficient (Wildman–Crippen LogP) is 2.32. The third kappa shape index (κ3) is 2.01. The maximum atomic E-state index is 11.4. The van der Waals surface area contributed by atoms with Crippen LogP contribution in [0.2, 0.25) is 0 Å². The average molecular weight is 322 g/mol. The smallest absolute Gasteiger partial charge is 0.336 e. The summed E-state index contributed by atoms with van der Waals surface area (Å²) in [7, 11) is 0. The maximum Gasteiger partial charge on any atom is 0.336 e. The van der Waals surface area contributed by atoms with Crippen molar-refractivity contribution < 1.29 is 14.6 Å². The summed E-state index contributed by atoms with van der Waals surface area (Å²) in [5.74, 6) is 0.282. The van der Waals surface area contributed by atoms with Crippen LogP contribution >= 0.6 is 0 Å². The normalized spacial score (nSPS) is 31.0. The molecular weight excluding hydrogens is 304 g/mol. The summed E-state index contributed by atoms with van der Waals surface area (Å²) in [5.41, 5.74) is 2.21. The van der Waals surface area contributed by atoms with Gasteiger partial charge in [0, 0.05) is 43.1 Å². The lowest BCUT2D eigenvalue weighted by atomic mass is 9.86. The molecule has 0 aliphatic carbocycles. The van der Waals surface area contributed by atoms with E-state index in [1.807, 2.05) is 12.1 Å². The summed E-state index contributed by atoms with van der Waals surface area (Å²) in [6.45, 7) is 2.87. The minimum atomic E-state index is -0.907. The first-order chi connectivity index (χ1) is 11.7. The molecule has 0 spiro atoms. The molecule has 2 aromatic rings. The minimum absolute atomic E-state index is 0.286. The second-order valence-corrected chi connectivity index (χ2v) is 6.95. The molecule has 5 nitrogen and oxygen atoms in total. The van der Waals surface area contributed by atoms with Crippen LogP contribution in [0, 0.1) is 11.8 Å². The van der Waals surface area contributed by atoms with E-state index in [1.54, 1.807) is 18.3 Å². The van der Waals surface area contributed by atoms with Gasteiger partial charge >= 0.3 is 5.97 Å². The Morgan fingerprint density at radius 3 is 2.67 bits per heavy atom. The van der Waals surface area contributed by atoms with Crippen LogP contribution in [0.4, 0.5) is 0 Å². The number of pyridine rings is 1. The van der Waals surface area contributed by atoms with E-state index in [1.165, 1.54) is 0 Å². The number of likely N-dealkylation sites (tertiary alicyclic amines) is 1. The molecule has 2 fully saturated rings. The molecule has 0 saturated carbocycles. The second-order valence-electron chi connectivity index (χ2n) is 6.95. The van der Waals surface area contributed by atoms with E-state index >= 15 is 0 Å². The molecule has 1 aromatic carbocycles. The van der Waals surface area contributed by atoms with Gasteiger partial charge in [-0.3, -0.25) is 9.88 Å². The molecule has 5 heteroatoms. The van der Waals surface area contributed by atoms with Gasteiger partial charge in [-0.2, -0.15) is 0 Å². The topological polar surface area (TPSA) is 62.7 Å². The fourth-order valence-corrected chi connectivity index (χ4v) is 4.53. The molecule has 4 heterocycles. The number of benzene rings is 1. The highest BCUT2D eigenvalue weighted by molar-refractivity contribution is 6.03. The zero-order chi connectivity index (χ0) is 16.3. The first kappa shape index (κ1) is 14.1. The number of hydrogen-bond acceptors (Lipinski definition) is 4. The van der Waals surface area contributed by atoms with Crippen LogP contribution in [-0.4, -0.2) is 46.3 Å². The number of carboxylic acid groups (broad SMARTS) is 1. The molecule has 5 rings (SSSR count). The van der Waals surface area contributed by atoms with Crippen molar-refractivity contribution in [3.63, 3.8) is 0 Å². The van der Waals surface area contributed by atoms with Crippen LogP contribution in [0.5, 0.6) is 0 Å². The first-order valence-corrected chi connectivity index (χ1v) is 8.37. The van der Waals surface area contributed by atoms with Crippen molar-refractivity contribution in [3.05, 3.63) is 53.7 Å². The van der Waals surface area contributed by atoms with Crippen molar-refractivity contribution in [3.8, 4) is 0 Å². The third-order valence-electron chi connectivity index (χ3n) is 5.61. The summed E-state index contributed by atoms with van der Waals surface area (Å²) in [6, 6.07) is 7.24. The summed E-state index contributed by atoms with van der Waals surface area (Å²) >= 11 is 0. The van der Waals surface area contributed by atoms with Crippen molar-refractivity contribution in [1.82, 2.24) is 9.88 Å². The van der Waals surface area contributed by atoms with Crippen LogP contribution in [0.25, 0.3) is 10.9 Å². The first-order valence-electron chi connectivity index (χ1n) is 8.37. The number of nitrogens with zero attached hydrogens (tertiary/aromatic N) is 2. The fourth-order valence-electron chi connectivity index (χ4n) is 4.53. The van der Waals surface area contributed by atoms with E-state index in [4.69, 9.17) is 4.74 Å². The number of fused-ring (bicyclic) bond motifs is 6. The number of carboxylic acids is 1. The Hall–Kier alpha value is -2.24. The van der Waals surface area contributed by atoms with E-state index in [0.29, 0.717) is 22.8 Å². The quantitative estimate of drug-likeness (QED) is 0.879. The monoisotopic (exact) mass is 322 g/mol. The van der Waals surface area contributed by atoms with E-state index < -0.39 is 5.97 Å². The molecule has 2 saturated heterocycles. The van der Waals surface area contributed by atoms with Crippen LogP contribution in [0.1, 0.15) is 15.9 Å². The highest BCUT2D eigenvalue weighted by Crippen LogP contribution is 2.44. The number of rotatable bonds is 3. The highest BCUT2D eigenvalue weighted by Gasteiger charge is 2.50. The Labute approximate surface area is 139 Å². The lowest BCUT2D eigenvalue weighted by Crippen LogP contribution is -2.25. The van der Waals surface area contributed by atoms with Crippen LogP contribution in [0.3, 0.4) is 0 Å². The van der Waals surface area contributed by atoms with Gasteiger partial charge in [0.05, 0.1) is 23.3 Å². The van der Waals surface area contributed by atoms with Crippen molar-refractivity contribution >= 4 is 16.9 Å². The van der Waals surface area contributed by atoms with Gasteiger partial charge in [0.1, 0.15) is 0 Å². The molecule has 24 heavy (non-hydrogen) atoms. The van der Waals surface area contributed by atoms with Crippen molar-refractivity contribution in [1.29, 1.82) is 0 Å². The summed E-state index contributed by atoms with van der Waals surface area (Å²) < 4.78 is 5.93. The van der Waals surface area contributed by atoms with Gasteiger partial charge in [-0.05, 0) is 17.7 Å². The van der Waals surface area contributed by atoms with Crippen molar-refractivity contribution in [2.75, 3.05) is 13.1 Å². The lowest BCUT2D eigenvalue weighted by Gasteiger charge is -2.19. The highest BCUT2D eigenvalue weighted by atomic mass is 16.5. The second kappa shape index (κ2) is 5.13. The Kier molecular flexibility index (Phi) is 3.02. The Balaban J connectivity index is 1.44. The van der Waals surface area contributed by atoms with Crippen LogP contribution in [0.15, 0.2) is 42.6 Å². The van der Waals surface area contributed by atoms with Gasteiger partial charge in [0.2, 0.25) is 0 Å². The molecule has 4 atom stereocenters. The van der Waals surface area contributed by atoms with Gasteiger partial charge in [-0.15, -0.1) is 0 Å². The largest absolute Gasteiger partial charge is 0.478 e. The average Bonchev–Trinajstić information content (AvgIpc) is 3.27. The third-order valence-corrected chi connectivity index (χ3v) is 5.61. The lowest BCUT2D eigenvalue weighted by molar-refractivity contribution is 0.0699. The van der Waals surface area contributed by atoms with Crippen molar-refractivity contribution in [2.24, 2.45) is 11.8 Å². The summed E-state index contributed by atoms with van der Waals surface area (Å²) in [6.07, 6.45) is 6.71. The Morgan fingerprint density at radius 1 is 1.21 bits per heavy atom.